The van der Waals surface area contributed by atoms with Gasteiger partial charge in [-0.05, 0) is 43.5 Å². The van der Waals surface area contributed by atoms with Crippen LogP contribution in [0.25, 0.3) is 0 Å². The summed E-state index contributed by atoms with van der Waals surface area (Å²) in [4.78, 5) is 25.4. The third kappa shape index (κ3) is 4.92. The molecule has 2 amide bonds. The van der Waals surface area contributed by atoms with Gasteiger partial charge in [-0.1, -0.05) is 0 Å². The van der Waals surface area contributed by atoms with Gasteiger partial charge in [0.25, 0.3) is 0 Å². The van der Waals surface area contributed by atoms with Crippen molar-refractivity contribution in [2.45, 2.75) is 44.1 Å². The van der Waals surface area contributed by atoms with Gasteiger partial charge in [0.2, 0.25) is 5.95 Å². The van der Waals surface area contributed by atoms with Gasteiger partial charge in [-0.15, -0.1) is 0 Å². The van der Waals surface area contributed by atoms with Gasteiger partial charge in [-0.25, -0.2) is 18.6 Å². The first-order chi connectivity index (χ1) is 18.3. The van der Waals surface area contributed by atoms with Crippen LogP contribution in [0.3, 0.4) is 0 Å². The number of methoxy groups -OCH3 is 2. The molecule has 1 unspecified atom stereocenters. The fourth-order valence-electron chi connectivity index (χ4n) is 4.90. The number of nitrogens with one attached hydrogen (secondary N) is 1. The number of hydrogen-bond acceptors (Lipinski definition) is 8. The van der Waals surface area contributed by atoms with E-state index in [4.69, 9.17) is 9.47 Å². The summed E-state index contributed by atoms with van der Waals surface area (Å²) in [6, 6.07) is 7.23. The molecule has 1 fully saturated rings. The molecule has 0 bridgehead atoms. The van der Waals surface area contributed by atoms with Gasteiger partial charge in [-0.2, -0.15) is 4.98 Å². The van der Waals surface area contributed by atoms with Crippen LogP contribution in [0.15, 0.2) is 42.6 Å². The predicted molar refractivity (Wildman–Crippen MR) is 135 cm³/mol. The number of aliphatic hydroxyl groups is 2. The van der Waals surface area contributed by atoms with Crippen molar-refractivity contribution in [2.24, 2.45) is 0 Å². The second kappa shape index (κ2) is 10.4. The maximum atomic E-state index is 15.0. The molecule has 0 saturated heterocycles. The number of aromatic nitrogens is 2. The average Bonchev–Trinajstić information content (AvgIpc) is 2.89. The number of fused-ring (bicyclic) bond motifs is 1. The third-order valence-corrected chi connectivity index (χ3v) is 6.69. The van der Waals surface area contributed by atoms with Gasteiger partial charge in [0.1, 0.15) is 11.6 Å². The zero-order valence-corrected chi connectivity index (χ0v) is 20.8. The molecule has 1 aromatic heterocycles. The monoisotopic (exact) mass is 527 g/mol. The first kappa shape index (κ1) is 25.6. The molecule has 1 saturated carbocycles. The molecule has 12 heteroatoms. The zero-order valence-electron chi connectivity index (χ0n) is 20.8. The Morgan fingerprint density at radius 1 is 1.00 bits per heavy atom. The van der Waals surface area contributed by atoms with Crippen molar-refractivity contribution < 1.29 is 33.3 Å². The van der Waals surface area contributed by atoms with E-state index in [1.54, 1.807) is 6.07 Å². The summed E-state index contributed by atoms with van der Waals surface area (Å²) in [6.45, 7) is -0.00358. The van der Waals surface area contributed by atoms with Gasteiger partial charge in [0.05, 0.1) is 38.7 Å². The maximum absolute atomic E-state index is 15.0. The molecule has 3 N–H and O–H groups in total. The van der Waals surface area contributed by atoms with Gasteiger partial charge in [-0.3, -0.25) is 9.80 Å². The molecule has 1 aliphatic heterocycles. The molecule has 10 nitrogen and oxygen atoms in total. The highest BCUT2D eigenvalue weighted by Crippen LogP contribution is 2.37. The second-order valence-electron chi connectivity index (χ2n) is 9.24. The highest BCUT2D eigenvalue weighted by molar-refractivity contribution is 6.06. The average molecular weight is 528 g/mol. The first-order valence-electron chi connectivity index (χ1n) is 12.0. The van der Waals surface area contributed by atoms with Crippen LogP contribution in [-0.4, -0.2) is 58.7 Å². The van der Waals surface area contributed by atoms with Crippen molar-refractivity contribution in [3.8, 4) is 11.5 Å². The molecule has 2 heterocycles. The number of ether oxygens (including phenoxy) is 2. The van der Waals surface area contributed by atoms with Crippen LogP contribution in [0.1, 0.15) is 24.8 Å². The third-order valence-electron chi connectivity index (χ3n) is 6.69. The fraction of sp³-hybridized carbons (Fsp3) is 0.346. The number of hydrogen-bond donors (Lipinski definition) is 3. The summed E-state index contributed by atoms with van der Waals surface area (Å²) in [5.74, 6) is -0.417. The van der Waals surface area contributed by atoms with E-state index >= 15 is 4.39 Å². The summed E-state index contributed by atoms with van der Waals surface area (Å²) in [7, 11) is 2.77. The minimum Gasteiger partial charge on any atom is -0.497 e. The Labute approximate surface area is 217 Å². The molecule has 0 radical (unpaired) electrons. The summed E-state index contributed by atoms with van der Waals surface area (Å²) < 4.78 is 38.9. The molecule has 3 atom stereocenters. The maximum Gasteiger partial charge on any atom is 0.330 e. The Bertz CT molecular complexity index is 1350. The fourth-order valence-corrected chi connectivity index (χ4v) is 4.90. The number of rotatable bonds is 6. The van der Waals surface area contributed by atoms with Gasteiger partial charge in [0, 0.05) is 35.6 Å². The van der Waals surface area contributed by atoms with E-state index in [2.05, 4.69) is 15.3 Å². The number of nitrogens with zero attached hydrogens (tertiary/aromatic N) is 4. The Morgan fingerprint density at radius 3 is 2.45 bits per heavy atom. The summed E-state index contributed by atoms with van der Waals surface area (Å²) in [5.41, 5.74) is 1.04. The van der Waals surface area contributed by atoms with Crippen LogP contribution >= 0.6 is 0 Å². The molecule has 2 aromatic carbocycles. The van der Waals surface area contributed by atoms with Crippen LogP contribution in [0, 0.1) is 11.6 Å². The zero-order chi connectivity index (χ0) is 27.0. The quantitative estimate of drug-likeness (QED) is 0.444. The van der Waals surface area contributed by atoms with E-state index in [-0.39, 0.29) is 49.0 Å². The van der Waals surface area contributed by atoms with Crippen LogP contribution < -0.4 is 24.6 Å². The second-order valence-corrected chi connectivity index (χ2v) is 9.24. The number of carbonyl (C=O) groups is 1. The highest BCUT2D eigenvalue weighted by atomic mass is 19.1. The number of amides is 2. The van der Waals surface area contributed by atoms with Crippen molar-refractivity contribution in [1.29, 1.82) is 0 Å². The number of carbonyl (C=O) groups excluding carboxylic acids is 1. The molecule has 2 aliphatic rings. The smallest absolute Gasteiger partial charge is 0.330 e. The Kier molecular flexibility index (Phi) is 7.00. The number of anilines is 4. The normalized spacial score (nSPS) is 21.2. The van der Waals surface area contributed by atoms with Crippen LogP contribution in [0.2, 0.25) is 0 Å². The lowest BCUT2D eigenvalue weighted by Gasteiger charge is -2.43. The Hall–Kier alpha value is -4.03. The minimum atomic E-state index is -0.820. The predicted octanol–water partition coefficient (Wildman–Crippen LogP) is 3.74. The topological polar surface area (TPSA) is 120 Å². The highest BCUT2D eigenvalue weighted by Gasteiger charge is 2.41. The van der Waals surface area contributed by atoms with Crippen molar-refractivity contribution in [3.63, 3.8) is 0 Å². The lowest BCUT2D eigenvalue weighted by molar-refractivity contribution is 0.0314. The summed E-state index contributed by atoms with van der Waals surface area (Å²) >= 11 is 0. The molecular weight excluding hydrogens is 500 g/mol. The number of halogens is 2. The van der Waals surface area contributed by atoms with Crippen LogP contribution in [-0.2, 0) is 6.54 Å². The molecule has 3 aromatic rings. The van der Waals surface area contributed by atoms with E-state index in [1.165, 1.54) is 60.5 Å². The summed E-state index contributed by atoms with van der Waals surface area (Å²) in [5, 5.41) is 23.7. The van der Waals surface area contributed by atoms with Crippen molar-refractivity contribution in [1.82, 2.24) is 9.97 Å². The van der Waals surface area contributed by atoms with Crippen LogP contribution in [0.4, 0.5) is 36.7 Å². The van der Waals surface area contributed by atoms with Gasteiger partial charge < -0.3 is 25.0 Å². The standard InChI is InChI=1S/C26H27F2N5O5/c1-37-19-4-6-22(21(28)11-19)32-13-14-12-29-25(30-15-3-5-20(27)23(7-15)38-2)31-24(14)33(26(32)36)16-8-17(34)10-18(35)9-16/h3-7,11-12,16-18,34-35H,8-10,13H2,1-2H3,(H,29,30,31)/t16?,17-,18+. The first-order valence-corrected chi connectivity index (χ1v) is 12.0. The molecule has 1 aliphatic carbocycles. The lowest BCUT2D eigenvalue weighted by Crippen LogP contribution is -2.55. The van der Waals surface area contributed by atoms with Crippen molar-refractivity contribution in [2.75, 3.05) is 29.3 Å². The number of urea groups is 1. The minimum absolute atomic E-state index is 0.00358. The summed E-state index contributed by atoms with van der Waals surface area (Å²) in [6.07, 6.45) is 0.505. The van der Waals surface area contributed by atoms with E-state index < -0.39 is 35.9 Å². The van der Waals surface area contributed by atoms with E-state index in [9.17, 15) is 19.4 Å². The van der Waals surface area contributed by atoms with Gasteiger partial charge in [0.15, 0.2) is 17.4 Å². The van der Waals surface area contributed by atoms with Crippen molar-refractivity contribution in [3.05, 3.63) is 59.8 Å². The molecular formula is C26H27F2N5O5. The van der Waals surface area contributed by atoms with Crippen molar-refractivity contribution >= 4 is 29.2 Å². The largest absolute Gasteiger partial charge is 0.497 e. The van der Waals surface area contributed by atoms with E-state index in [1.807, 2.05) is 0 Å². The molecule has 5 rings (SSSR count). The SMILES string of the molecule is COc1ccc(N2Cc3cnc(Nc4ccc(F)c(OC)c4)nc3N(C3C[C@@H](O)C[C@@H](O)C3)C2=O)c(F)c1. The molecule has 200 valence electrons. The Balaban J connectivity index is 1.54. The van der Waals surface area contributed by atoms with E-state index in [0.717, 1.165) is 0 Å². The molecule has 38 heavy (non-hydrogen) atoms. The van der Waals surface area contributed by atoms with Crippen LogP contribution in [0.5, 0.6) is 11.5 Å². The van der Waals surface area contributed by atoms with E-state index in [0.29, 0.717) is 17.0 Å². The number of aliphatic hydroxyl groups excluding tert-OH is 2. The number of benzene rings is 2. The Morgan fingerprint density at radius 2 is 1.76 bits per heavy atom. The molecule has 0 spiro atoms. The van der Waals surface area contributed by atoms with Gasteiger partial charge >= 0.3 is 6.03 Å². The lowest BCUT2D eigenvalue weighted by atomic mass is 9.89.